The molecule has 2 aromatic rings. The van der Waals surface area contributed by atoms with Crippen molar-refractivity contribution in [1.82, 2.24) is 16.0 Å². The zero-order valence-electron chi connectivity index (χ0n) is 20.8. The predicted molar refractivity (Wildman–Crippen MR) is 135 cm³/mol. The minimum absolute atomic E-state index is 0.0293. The number of carboxylic acids is 1. The first kappa shape index (κ1) is 29.3. The standard InChI is InChI=1S/C26H34N4O7/c1-15(2)22(27)25(35)29-20(13-17-8-10-18(32)11-9-17)23(33)28-19(12-16-6-4-3-5-7-16)24(34)30-21(14-31)26(36)37/h3-11,15,19-22,31-32H,12-14,27H2,1-2H3,(H,28,33)(H,29,35)(H,30,34)(H,36,37). The molecule has 2 aromatic carbocycles. The molecule has 4 atom stereocenters. The van der Waals surface area contributed by atoms with Crippen molar-refractivity contribution in [3.8, 4) is 5.75 Å². The number of carbonyl (C=O) groups is 4. The quantitative estimate of drug-likeness (QED) is 0.189. The molecule has 0 heterocycles. The van der Waals surface area contributed by atoms with Gasteiger partial charge >= 0.3 is 5.97 Å². The van der Waals surface area contributed by atoms with Gasteiger partial charge < -0.3 is 37.0 Å². The Kier molecular flexibility index (Phi) is 11.0. The number of carboxylic acid groups (broad SMARTS) is 1. The van der Waals surface area contributed by atoms with Gasteiger partial charge in [0.05, 0.1) is 12.6 Å². The van der Waals surface area contributed by atoms with E-state index >= 15 is 0 Å². The molecule has 0 aliphatic heterocycles. The van der Waals surface area contributed by atoms with Crippen LogP contribution >= 0.6 is 0 Å². The molecule has 8 N–H and O–H groups in total. The van der Waals surface area contributed by atoms with Crippen LogP contribution in [-0.2, 0) is 32.0 Å². The van der Waals surface area contributed by atoms with Crippen LogP contribution in [0.2, 0.25) is 0 Å². The minimum Gasteiger partial charge on any atom is -0.508 e. The maximum Gasteiger partial charge on any atom is 0.328 e. The highest BCUT2D eigenvalue weighted by Crippen LogP contribution is 2.13. The van der Waals surface area contributed by atoms with E-state index in [2.05, 4.69) is 16.0 Å². The Morgan fingerprint density at radius 2 is 1.22 bits per heavy atom. The summed E-state index contributed by atoms with van der Waals surface area (Å²) in [5.74, 6) is -3.64. The summed E-state index contributed by atoms with van der Waals surface area (Å²) in [7, 11) is 0. The van der Waals surface area contributed by atoms with Crippen molar-refractivity contribution in [1.29, 1.82) is 0 Å². The van der Waals surface area contributed by atoms with E-state index in [1.54, 1.807) is 56.3 Å². The molecule has 0 bridgehead atoms. The van der Waals surface area contributed by atoms with Gasteiger partial charge in [-0.2, -0.15) is 0 Å². The fraction of sp³-hybridized carbons (Fsp3) is 0.385. The molecular weight excluding hydrogens is 480 g/mol. The van der Waals surface area contributed by atoms with Gasteiger partial charge in [0.2, 0.25) is 17.7 Å². The van der Waals surface area contributed by atoms with Gasteiger partial charge in [0.15, 0.2) is 0 Å². The Balaban J connectivity index is 2.30. The minimum atomic E-state index is -1.56. The van der Waals surface area contributed by atoms with Crippen LogP contribution in [-0.4, -0.2) is 69.8 Å². The second kappa shape index (κ2) is 14.0. The molecular formula is C26H34N4O7. The molecule has 0 radical (unpaired) electrons. The number of hydrogen-bond acceptors (Lipinski definition) is 7. The van der Waals surface area contributed by atoms with Crippen LogP contribution in [0.4, 0.5) is 0 Å². The summed E-state index contributed by atoms with van der Waals surface area (Å²) < 4.78 is 0. The molecule has 2 rings (SSSR count). The summed E-state index contributed by atoms with van der Waals surface area (Å²) in [6.07, 6.45) is 0.0678. The van der Waals surface area contributed by atoms with Gasteiger partial charge in [0.1, 0.15) is 23.9 Å². The van der Waals surface area contributed by atoms with Crippen LogP contribution in [0.15, 0.2) is 54.6 Å². The summed E-state index contributed by atoms with van der Waals surface area (Å²) >= 11 is 0. The van der Waals surface area contributed by atoms with Gasteiger partial charge in [-0.15, -0.1) is 0 Å². The molecule has 0 saturated carbocycles. The average Bonchev–Trinajstić information content (AvgIpc) is 2.87. The molecule has 3 amide bonds. The molecule has 0 fully saturated rings. The van der Waals surface area contributed by atoms with E-state index in [-0.39, 0.29) is 24.5 Å². The average molecular weight is 515 g/mol. The molecule has 0 saturated heterocycles. The van der Waals surface area contributed by atoms with E-state index in [1.165, 1.54) is 12.1 Å². The molecule has 11 heteroatoms. The maximum absolute atomic E-state index is 13.4. The molecule has 0 aliphatic carbocycles. The number of phenols is 1. The first-order valence-electron chi connectivity index (χ1n) is 11.8. The van der Waals surface area contributed by atoms with Crippen molar-refractivity contribution in [3.05, 3.63) is 65.7 Å². The van der Waals surface area contributed by atoms with Crippen molar-refractivity contribution in [2.24, 2.45) is 11.7 Å². The van der Waals surface area contributed by atoms with Gasteiger partial charge in [-0.3, -0.25) is 14.4 Å². The number of phenolic OH excluding ortho intramolecular Hbond substituents is 1. The number of aliphatic hydroxyl groups is 1. The van der Waals surface area contributed by atoms with Crippen LogP contribution in [0, 0.1) is 5.92 Å². The lowest BCUT2D eigenvalue weighted by Gasteiger charge is -2.26. The third kappa shape index (κ3) is 9.21. The molecule has 0 aromatic heterocycles. The Morgan fingerprint density at radius 3 is 1.68 bits per heavy atom. The second-order valence-corrected chi connectivity index (χ2v) is 9.03. The van der Waals surface area contributed by atoms with Gasteiger partial charge in [-0.1, -0.05) is 56.3 Å². The highest BCUT2D eigenvalue weighted by molar-refractivity contribution is 5.94. The normalized spacial score (nSPS) is 14.2. The number of nitrogens with one attached hydrogen (secondary N) is 3. The number of rotatable bonds is 13. The van der Waals surface area contributed by atoms with Crippen molar-refractivity contribution in [2.75, 3.05) is 6.61 Å². The Labute approximate surface area is 215 Å². The van der Waals surface area contributed by atoms with Crippen LogP contribution in [0.3, 0.4) is 0 Å². The molecule has 37 heavy (non-hydrogen) atoms. The summed E-state index contributed by atoms with van der Waals surface area (Å²) in [4.78, 5) is 50.3. The monoisotopic (exact) mass is 514 g/mol. The predicted octanol–water partition coefficient (Wildman–Crippen LogP) is -0.308. The fourth-order valence-electron chi connectivity index (χ4n) is 3.44. The van der Waals surface area contributed by atoms with E-state index < -0.39 is 54.5 Å². The summed E-state index contributed by atoms with van der Waals surface area (Å²) in [5.41, 5.74) is 7.28. The smallest absolute Gasteiger partial charge is 0.328 e. The van der Waals surface area contributed by atoms with E-state index in [0.29, 0.717) is 11.1 Å². The van der Waals surface area contributed by atoms with Crippen LogP contribution in [0.5, 0.6) is 5.75 Å². The lowest BCUT2D eigenvalue weighted by Crippen LogP contribution is -2.58. The van der Waals surface area contributed by atoms with Crippen molar-refractivity contribution in [2.45, 2.75) is 50.9 Å². The zero-order chi connectivity index (χ0) is 27.5. The lowest BCUT2D eigenvalue weighted by atomic mass is 10.0. The molecule has 200 valence electrons. The fourth-order valence-corrected chi connectivity index (χ4v) is 3.44. The van der Waals surface area contributed by atoms with Gasteiger partial charge in [0.25, 0.3) is 0 Å². The summed E-state index contributed by atoms with van der Waals surface area (Å²) in [5, 5.41) is 35.5. The number of amides is 3. The van der Waals surface area contributed by atoms with Crippen LogP contribution in [0.25, 0.3) is 0 Å². The van der Waals surface area contributed by atoms with E-state index in [0.717, 1.165) is 0 Å². The molecule has 4 unspecified atom stereocenters. The summed E-state index contributed by atoms with van der Waals surface area (Å²) in [6.45, 7) is 2.69. The maximum atomic E-state index is 13.4. The molecule has 0 spiro atoms. The Hall–Kier alpha value is -3.96. The number of aliphatic hydroxyl groups excluding tert-OH is 1. The third-order valence-electron chi connectivity index (χ3n) is 5.74. The highest BCUT2D eigenvalue weighted by atomic mass is 16.4. The van der Waals surface area contributed by atoms with Crippen molar-refractivity contribution < 1.29 is 34.5 Å². The second-order valence-electron chi connectivity index (χ2n) is 9.03. The number of benzene rings is 2. The van der Waals surface area contributed by atoms with Gasteiger partial charge in [-0.25, -0.2) is 4.79 Å². The van der Waals surface area contributed by atoms with Crippen molar-refractivity contribution in [3.63, 3.8) is 0 Å². The SMILES string of the molecule is CC(C)C(N)C(=O)NC(Cc1ccc(O)cc1)C(=O)NC(Cc1ccccc1)C(=O)NC(CO)C(=O)O. The highest BCUT2D eigenvalue weighted by Gasteiger charge is 2.31. The lowest BCUT2D eigenvalue weighted by molar-refractivity contribution is -0.143. The number of hydrogen-bond donors (Lipinski definition) is 7. The van der Waals surface area contributed by atoms with E-state index in [9.17, 15) is 34.5 Å². The number of carbonyl (C=O) groups excluding carboxylic acids is 3. The van der Waals surface area contributed by atoms with Gasteiger partial charge in [0, 0.05) is 12.8 Å². The van der Waals surface area contributed by atoms with Crippen LogP contribution in [0.1, 0.15) is 25.0 Å². The first-order valence-corrected chi connectivity index (χ1v) is 11.8. The van der Waals surface area contributed by atoms with Gasteiger partial charge in [-0.05, 0) is 29.2 Å². The first-order chi connectivity index (χ1) is 17.5. The summed E-state index contributed by atoms with van der Waals surface area (Å²) in [6, 6.07) is 10.1. The molecule has 0 aliphatic rings. The zero-order valence-corrected chi connectivity index (χ0v) is 20.8. The topological polar surface area (TPSA) is 191 Å². The third-order valence-corrected chi connectivity index (χ3v) is 5.74. The Morgan fingerprint density at radius 1 is 0.757 bits per heavy atom. The number of nitrogens with two attached hydrogens (primary N) is 1. The van der Waals surface area contributed by atoms with Crippen LogP contribution < -0.4 is 21.7 Å². The van der Waals surface area contributed by atoms with E-state index in [4.69, 9.17) is 5.73 Å². The van der Waals surface area contributed by atoms with E-state index in [1.807, 2.05) is 0 Å². The Bertz CT molecular complexity index is 1060. The molecule has 11 nitrogen and oxygen atoms in total. The van der Waals surface area contributed by atoms with Crippen molar-refractivity contribution >= 4 is 23.7 Å². The number of aliphatic carboxylic acids is 1. The largest absolute Gasteiger partial charge is 0.508 e. The number of aromatic hydroxyl groups is 1.